The molecule has 2 atom stereocenters. The van der Waals surface area contributed by atoms with Crippen LogP contribution < -0.4 is 5.48 Å². The number of carbonyl (C=O) groups is 2. The summed E-state index contributed by atoms with van der Waals surface area (Å²) < 4.78 is 0. The third-order valence-corrected chi connectivity index (χ3v) is 4.08. The van der Waals surface area contributed by atoms with Gasteiger partial charge in [0.2, 0.25) is 5.91 Å². The number of amides is 2. The van der Waals surface area contributed by atoms with Crippen molar-refractivity contribution in [3.05, 3.63) is 35.4 Å². The van der Waals surface area contributed by atoms with Crippen LogP contribution >= 0.6 is 0 Å². The van der Waals surface area contributed by atoms with Crippen LogP contribution in [0.2, 0.25) is 0 Å². The Morgan fingerprint density at radius 3 is 2.18 bits per heavy atom. The molecule has 22 heavy (non-hydrogen) atoms. The van der Waals surface area contributed by atoms with Crippen LogP contribution in [0.15, 0.2) is 24.3 Å². The maximum atomic E-state index is 11.7. The monoisotopic (exact) mass is 305 g/mol. The Bertz CT molecular complexity index is 532. The van der Waals surface area contributed by atoms with Gasteiger partial charge in [0.25, 0.3) is 5.91 Å². The van der Waals surface area contributed by atoms with Gasteiger partial charge in [-0.05, 0) is 31.5 Å². The number of piperazine rings is 1. The van der Waals surface area contributed by atoms with Crippen LogP contribution in [0, 0.1) is 0 Å². The molecule has 1 aromatic rings. The molecule has 6 heteroatoms. The SMILES string of the molecule is CC(=O)N1C(C)CN(Cc2ccc(C(=O)NO)cc2)CC1C. The summed E-state index contributed by atoms with van der Waals surface area (Å²) in [5.74, 6) is -0.386. The topological polar surface area (TPSA) is 72.9 Å². The lowest BCUT2D eigenvalue weighted by Gasteiger charge is -2.44. The van der Waals surface area contributed by atoms with Crippen LogP contribution in [0.1, 0.15) is 36.7 Å². The lowest BCUT2D eigenvalue weighted by Crippen LogP contribution is -2.57. The van der Waals surface area contributed by atoms with Crippen molar-refractivity contribution >= 4 is 11.8 Å². The molecule has 1 heterocycles. The highest BCUT2D eigenvalue weighted by atomic mass is 16.5. The molecule has 2 amide bonds. The molecular weight excluding hydrogens is 282 g/mol. The van der Waals surface area contributed by atoms with Crippen LogP contribution in [-0.4, -0.2) is 52.0 Å². The molecule has 1 saturated heterocycles. The van der Waals surface area contributed by atoms with E-state index in [-0.39, 0.29) is 18.0 Å². The number of benzene rings is 1. The number of hydroxylamine groups is 1. The van der Waals surface area contributed by atoms with Crippen molar-refractivity contribution in [3.63, 3.8) is 0 Å². The fraction of sp³-hybridized carbons (Fsp3) is 0.500. The maximum Gasteiger partial charge on any atom is 0.274 e. The predicted molar refractivity (Wildman–Crippen MR) is 82.4 cm³/mol. The number of carbonyl (C=O) groups excluding carboxylic acids is 2. The minimum atomic E-state index is -0.510. The molecule has 6 nitrogen and oxygen atoms in total. The van der Waals surface area contributed by atoms with Gasteiger partial charge < -0.3 is 4.90 Å². The van der Waals surface area contributed by atoms with Crippen molar-refractivity contribution < 1.29 is 14.8 Å². The maximum absolute atomic E-state index is 11.7. The average molecular weight is 305 g/mol. The summed E-state index contributed by atoms with van der Waals surface area (Å²) in [5, 5.41) is 8.61. The zero-order valence-electron chi connectivity index (χ0n) is 13.2. The molecule has 1 aromatic carbocycles. The van der Waals surface area contributed by atoms with Crippen LogP contribution in [0.5, 0.6) is 0 Å². The second-order valence-corrected chi connectivity index (χ2v) is 5.96. The van der Waals surface area contributed by atoms with Gasteiger partial charge in [-0.2, -0.15) is 0 Å². The quantitative estimate of drug-likeness (QED) is 0.651. The summed E-state index contributed by atoms with van der Waals surface area (Å²) in [6.07, 6.45) is 0. The lowest BCUT2D eigenvalue weighted by atomic mass is 10.1. The standard InChI is InChI=1S/C16H23N3O3/c1-11-8-18(9-12(2)19(11)13(3)20)10-14-4-6-15(7-5-14)16(21)17-22/h4-7,11-12,22H,8-10H2,1-3H3,(H,17,21). The van der Waals surface area contributed by atoms with Crippen molar-refractivity contribution in [1.82, 2.24) is 15.3 Å². The van der Waals surface area contributed by atoms with Crippen LogP contribution in [0.3, 0.4) is 0 Å². The molecule has 2 rings (SSSR count). The molecule has 1 fully saturated rings. The molecule has 1 aliphatic rings. The van der Waals surface area contributed by atoms with E-state index in [0.29, 0.717) is 5.56 Å². The Hall–Kier alpha value is -1.92. The normalized spacial score (nSPS) is 22.5. The molecular formula is C16H23N3O3. The van der Waals surface area contributed by atoms with Crippen molar-refractivity contribution in [2.24, 2.45) is 0 Å². The minimum absolute atomic E-state index is 0.124. The fourth-order valence-electron chi connectivity index (χ4n) is 3.27. The van der Waals surface area contributed by atoms with Gasteiger partial charge in [-0.3, -0.25) is 19.7 Å². The summed E-state index contributed by atoms with van der Waals surface area (Å²) >= 11 is 0. The van der Waals surface area contributed by atoms with Gasteiger partial charge in [-0.15, -0.1) is 0 Å². The molecule has 0 aromatic heterocycles. The predicted octanol–water partition coefficient (Wildman–Crippen LogP) is 1.25. The van der Waals surface area contributed by atoms with Crippen molar-refractivity contribution in [2.45, 2.75) is 39.4 Å². The van der Waals surface area contributed by atoms with Gasteiger partial charge in [0, 0.05) is 44.2 Å². The second kappa shape index (κ2) is 6.89. The smallest absolute Gasteiger partial charge is 0.274 e. The first-order chi connectivity index (χ1) is 10.4. The fourth-order valence-corrected chi connectivity index (χ4v) is 3.27. The highest BCUT2D eigenvalue weighted by Gasteiger charge is 2.30. The van der Waals surface area contributed by atoms with Crippen molar-refractivity contribution in [3.8, 4) is 0 Å². The molecule has 0 aliphatic carbocycles. The van der Waals surface area contributed by atoms with E-state index in [1.165, 1.54) is 0 Å². The number of hydrogen-bond acceptors (Lipinski definition) is 4. The Labute approximate surface area is 130 Å². The van der Waals surface area contributed by atoms with Gasteiger partial charge in [0.1, 0.15) is 0 Å². The van der Waals surface area contributed by atoms with Crippen LogP contribution in [0.4, 0.5) is 0 Å². The molecule has 0 bridgehead atoms. The van der Waals surface area contributed by atoms with E-state index in [4.69, 9.17) is 5.21 Å². The van der Waals surface area contributed by atoms with E-state index in [9.17, 15) is 9.59 Å². The molecule has 0 radical (unpaired) electrons. The van der Waals surface area contributed by atoms with Crippen LogP contribution in [0.25, 0.3) is 0 Å². The summed E-state index contributed by atoms with van der Waals surface area (Å²) in [6, 6.07) is 7.55. The Kier molecular flexibility index (Phi) is 5.15. The zero-order valence-corrected chi connectivity index (χ0v) is 13.2. The van der Waals surface area contributed by atoms with Gasteiger partial charge in [-0.25, -0.2) is 5.48 Å². The highest BCUT2D eigenvalue weighted by Crippen LogP contribution is 2.18. The Balaban J connectivity index is 2.00. The molecule has 120 valence electrons. The van der Waals surface area contributed by atoms with E-state index >= 15 is 0 Å². The molecule has 2 N–H and O–H groups in total. The number of hydrogen-bond donors (Lipinski definition) is 2. The second-order valence-electron chi connectivity index (χ2n) is 5.96. The first-order valence-corrected chi connectivity index (χ1v) is 7.47. The molecule has 0 spiro atoms. The zero-order chi connectivity index (χ0) is 16.3. The summed E-state index contributed by atoms with van der Waals surface area (Å²) in [4.78, 5) is 27.2. The van der Waals surface area contributed by atoms with Crippen molar-refractivity contribution in [2.75, 3.05) is 13.1 Å². The summed E-state index contributed by atoms with van der Waals surface area (Å²) in [6.45, 7) is 8.21. The third-order valence-electron chi connectivity index (χ3n) is 4.08. The first-order valence-electron chi connectivity index (χ1n) is 7.47. The number of rotatable bonds is 3. The van der Waals surface area contributed by atoms with E-state index in [1.807, 2.05) is 17.0 Å². The molecule has 2 unspecified atom stereocenters. The van der Waals surface area contributed by atoms with E-state index in [2.05, 4.69) is 18.7 Å². The van der Waals surface area contributed by atoms with Crippen molar-refractivity contribution in [1.29, 1.82) is 0 Å². The lowest BCUT2D eigenvalue weighted by molar-refractivity contribution is -0.136. The summed E-state index contributed by atoms with van der Waals surface area (Å²) in [5.41, 5.74) is 3.15. The Morgan fingerprint density at radius 1 is 1.18 bits per heavy atom. The third kappa shape index (κ3) is 3.64. The highest BCUT2D eigenvalue weighted by molar-refractivity contribution is 5.93. The number of nitrogens with one attached hydrogen (secondary N) is 1. The van der Waals surface area contributed by atoms with E-state index in [1.54, 1.807) is 24.5 Å². The van der Waals surface area contributed by atoms with E-state index < -0.39 is 5.91 Å². The largest absolute Gasteiger partial charge is 0.335 e. The molecule has 1 aliphatic heterocycles. The minimum Gasteiger partial charge on any atom is -0.335 e. The van der Waals surface area contributed by atoms with Gasteiger partial charge in [-0.1, -0.05) is 12.1 Å². The average Bonchev–Trinajstić information content (AvgIpc) is 2.46. The van der Waals surface area contributed by atoms with Gasteiger partial charge in [0.05, 0.1) is 0 Å². The molecule has 0 saturated carbocycles. The van der Waals surface area contributed by atoms with Gasteiger partial charge >= 0.3 is 0 Å². The Morgan fingerprint density at radius 2 is 1.73 bits per heavy atom. The first kappa shape index (κ1) is 16.5. The number of nitrogens with zero attached hydrogens (tertiary/aromatic N) is 2. The van der Waals surface area contributed by atoms with Gasteiger partial charge in [0.15, 0.2) is 0 Å². The van der Waals surface area contributed by atoms with E-state index in [0.717, 1.165) is 25.2 Å². The van der Waals surface area contributed by atoms with Crippen LogP contribution in [-0.2, 0) is 11.3 Å². The summed E-state index contributed by atoms with van der Waals surface area (Å²) in [7, 11) is 0.